The standard InChI is InChI=1S/C20H21F4N3O2/c1-18(2,14-7-6-12(28)8-15(14)21)10-19(29,20(22,23)24)11-25-16-4-3-5-17-13(16)9-26-27-17/h3-9,25,28-29H,10-11H2,1-2H3,(H,26,27). The van der Waals surface area contributed by atoms with Gasteiger partial charge in [0.1, 0.15) is 11.6 Å². The number of alkyl halides is 3. The summed E-state index contributed by atoms with van der Waals surface area (Å²) in [5, 5.41) is 29.8. The summed E-state index contributed by atoms with van der Waals surface area (Å²) in [6, 6.07) is 8.21. The van der Waals surface area contributed by atoms with Gasteiger partial charge in [-0.05, 0) is 35.6 Å². The lowest BCUT2D eigenvalue weighted by molar-refractivity contribution is -0.260. The molecule has 0 aliphatic carbocycles. The molecule has 1 unspecified atom stereocenters. The highest BCUT2D eigenvalue weighted by atomic mass is 19.4. The molecule has 9 heteroatoms. The Hall–Kier alpha value is -2.81. The molecular weight excluding hydrogens is 390 g/mol. The number of nitrogens with one attached hydrogen (secondary N) is 2. The van der Waals surface area contributed by atoms with E-state index in [4.69, 9.17) is 0 Å². The van der Waals surface area contributed by atoms with Crippen molar-refractivity contribution in [2.45, 2.75) is 37.5 Å². The zero-order chi connectivity index (χ0) is 21.4. The van der Waals surface area contributed by atoms with Gasteiger partial charge in [0.25, 0.3) is 0 Å². The van der Waals surface area contributed by atoms with Crippen LogP contribution in [0.25, 0.3) is 10.9 Å². The van der Waals surface area contributed by atoms with Crippen molar-refractivity contribution in [2.75, 3.05) is 11.9 Å². The lowest BCUT2D eigenvalue weighted by Gasteiger charge is -2.38. The molecule has 0 amide bonds. The van der Waals surface area contributed by atoms with Crippen LogP contribution in [-0.4, -0.2) is 38.7 Å². The predicted octanol–water partition coefficient (Wildman–Crippen LogP) is 4.48. The zero-order valence-corrected chi connectivity index (χ0v) is 15.8. The van der Waals surface area contributed by atoms with Crippen LogP contribution >= 0.6 is 0 Å². The van der Waals surface area contributed by atoms with Gasteiger partial charge < -0.3 is 15.5 Å². The van der Waals surface area contributed by atoms with Crippen LogP contribution in [0.4, 0.5) is 23.2 Å². The molecule has 0 radical (unpaired) electrons. The Morgan fingerprint density at radius 1 is 1.14 bits per heavy atom. The van der Waals surface area contributed by atoms with Crippen molar-refractivity contribution in [3.63, 3.8) is 0 Å². The number of phenols is 1. The van der Waals surface area contributed by atoms with Crippen LogP contribution in [-0.2, 0) is 5.41 Å². The second-order valence-corrected chi connectivity index (χ2v) is 7.74. The molecule has 1 aromatic heterocycles. The third-order valence-electron chi connectivity index (χ3n) is 5.00. The number of aromatic hydroxyl groups is 1. The maximum Gasteiger partial charge on any atom is 0.418 e. The Kier molecular flexibility index (Phi) is 5.20. The van der Waals surface area contributed by atoms with E-state index in [1.54, 1.807) is 18.2 Å². The molecule has 0 saturated heterocycles. The van der Waals surface area contributed by atoms with Gasteiger partial charge in [-0.1, -0.05) is 26.0 Å². The molecule has 0 aliphatic heterocycles. The Balaban J connectivity index is 1.89. The average Bonchev–Trinajstić information content (AvgIpc) is 3.07. The summed E-state index contributed by atoms with van der Waals surface area (Å²) in [4.78, 5) is 0. The number of H-pyrrole nitrogens is 1. The van der Waals surface area contributed by atoms with E-state index in [1.165, 1.54) is 32.2 Å². The van der Waals surface area contributed by atoms with Crippen molar-refractivity contribution >= 4 is 16.6 Å². The minimum absolute atomic E-state index is 0.0325. The molecule has 29 heavy (non-hydrogen) atoms. The topological polar surface area (TPSA) is 81.2 Å². The van der Waals surface area contributed by atoms with E-state index >= 15 is 0 Å². The first-order valence-corrected chi connectivity index (χ1v) is 8.87. The number of benzene rings is 2. The average molecular weight is 411 g/mol. The van der Waals surface area contributed by atoms with Crippen molar-refractivity contribution < 1.29 is 27.8 Å². The van der Waals surface area contributed by atoms with Gasteiger partial charge in [-0.25, -0.2) is 4.39 Å². The molecule has 0 spiro atoms. The summed E-state index contributed by atoms with van der Waals surface area (Å²) in [5.74, 6) is -1.17. The number of hydrogen-bond acceptors (Lipinski definition) is 4. The molecule has 1 heterocycles. The van der Waals surface area contributed by atoms with E-state index in [9.17, 15) is 27.8 Å². The minimum Gasteiger partial charge on any atom is -0.508 e. The van der Waals surface area contributed by atoms with Gasteiger partial charge in [-0.2, -0.15) is 18.3 Å². The molecule has 0 saturated carbocycles. The number of hydrogen-bond donors (Lipinski definition) is 4. The van der Waals surface area contributed by atoms with Gasteiger partial charge in [-0.3, -0.25) is 5.10 Å². The zero-order valence-electron chi connectivity index (χ0n) is 15.8. The summed E-state index contributed by atoms with van der Waals surface area (Å²) in [5.41, 5.74) is -3.52. The molecule has 0 aliphatic rings. The van der Waals surface area contributed by atoms with E-state index in [-0.39, 0.29) is 11.3 Å². The highest BCUT2D eigenvalue weighted by Crippen LogP contribution is 2.42. The molecule has 156 valence electrons. The molecule has 1 atom stereocenters. The number of phenolic OH excluding ortho intramolecular Hbond substituents is 1. The lowest BCUT2D eigenvalue weighted by Crippen LogP contribution is -2.53. The van der Waals surface area contributed by atoms with Crippen molar-refractivity contribution in [3.05, 3.63) is 54.0 Å². The summed E-state index contributed by atoms with van der Waals surface area (Å²) < 4.78 is 55.7. The minimum atomic E-state index is -4.96. The first-order valence-electron chi connectivity index (χ1n) is 8.87. The second-order valence-electron chi connectivity index (χ2n) is 7.74. The number of aliphatic hydroxyl groups is 1. The normalized spacial score (nSPS) is 14.7. The summed E-state index contributed by atoms with van der Waals surface area (Å²) in [6.45, 7) is 2.00. The first kappa shape index (κ1) is 20.9. The number of nitrogens with zero attached hydrogens (tertiary/aromatic N) is 1. The van der Waals surface area contributed by atoms with Crippen molar-refractivity contribution in [1.29, 1.82) is 0 Å². The quantitative estimate of drug-likeness (QED) is 0.451. The van der Waals surface area contributed by atoms with E-state index in [0.717, 1.165) is 6.07 Å². The third kappa shape index (κ3) is 4.14. The van der Waals surface area contributed by atoms with Crippen LogP contribution in [0.3, 0.4) is 0 Å². The number of rotatable bonds is 6. The van der Waals surface area contributed by atoms with E-state index in [2.05, 4.69) is 15.5 Å². The fourth-order valence-electron chi connectivity index (χ4n) is 3.51. The van der Waals surface area contributed by atoms with Crippen LogP contribution in [0.15, 0.2) is 42.6 Å². The Morgan fingerprint density at radius 2 is 1.86 bits per heavy atom. The lowest BCUT2D eigenvalue weighted by atomic mass is 9.74. The molecule has 4 N–H and O–H groups in total. The van der Waals surface area contributed by atoms with Gasteiger partial charge in [-0.15, -0.1) is 0 Å². The van der Waals surface area contributed by atoms with Gasteiger partial charge in [0.2, 0.25) is 0 Å². The molecule has 3 rings (SSSR count). The maximum atomic E-state index is 14.3. The molecular formula is C20H21F4N3O2. The number of anilines is 1. The van der Waals surface area contributed by atoms with Crippen LogP contribution in [0.1, 0.15) is 25.8 Å². The summed E-state index contributed by atoms with van der Waals surface area (Å²) >= 11 is 0. The van der Waals surface area contributed by atoms with Gasteiger partial charge in [0, 0.05) is 17.1 Å². The van der Waals surface area contributed by atoms with Gasteiger partial charge in [0.15, 0.2) is 5.60 Å². The number of aromatic nitrogens is 2. The molecule has 3 aromatic rings. The van der Waals surface area contributed by atoms with Gasteiger partial charge in [0.05, 0.1) is 18.3 Å². The Morgan fingerprint density at radius 3 is 2.52 bits per heavy atom. The SMILES string of the molecule is CC(C)(CC(O)(CNc1cccc2[nH]ncc12)C(F)(F)F)c1ccc(O)cc1F. The van der Waals surface area contributed by atoms with E-state index in [1.807, 2.05) is 0 Å². The fraction of sp³-hybridized carbons (Fsp3) is 0.350. The smallest absolute Gasteiger partial charge is 0.418 e. The first-order chi connectivity index (χ1) is 13.4. The van der Waals surface area contributed by atoms with Crippen molar-refractivity contribution in [3.8, 4) is 5.75 Å². The predicted molar refractivity (Wildman–Crippen MR) is 101 cm³/mol. The Labute approximate surface area is 164 Å². The van der Waals surface area contributed by atoms with E-state index in [0.29, 0.717) is 16.6 Å². The Bertz CT molecular complexity index is 1020. The monoisotopic (exact) mass is 411 g/mol. The molecule has 5 nitrogen and oxygen atoms in total. The van der Waals surface area contributed by atoms with Crippen LogP contribution in [0.2, 0.25) is 0 Å². The van der Waals surface area contributed by atoms with E-state index < -0.39 is 36.0 Å². The maximum absolute atomic E-state index is 14.3. The van der Waals surface area contributed by atoms with Crippen molar-refractivity contribution in [2.24, 2.45) is 0 Å². The fourth-order valence-corrected chi connectivity index (χ4v) is 3.51. The van der Waals surface area contributed by atoms with Crippen molar-refractivity contribution in [1.82, 2.24) is 10.2 Å². The number of aromatic amines is 1. The molecule has 2 aromatic carbocycles. The summed E-state index contributed by atoms with van der Waals surface area (Å²) in [7, 11) is 0. The van der Waals surface area contributed by atoms with Gasteiger partial charge >= 0.3 is 6.18 Å². The van der Waals surface area contributed by atoms with Crippen LogP contribution in [0, 0.1) is 5.82 Å². The number of fused-ring (bicyclic) bond motifs is 1. The van der Waals surface area contributed by atoms with Crippen LogP contribution < -0.4 is 5.32 Å². The number of halogens is 4. The largest absolute Gasteiger partial charge is 0.508 e. The summed E-state index contributed by atoms with van der Waals surface area (Å²) in [6.07, 6.45) is -4.28. The highest BCUT2D eigenvalue weighted by molar-refractivity contribution is 5.90. The third-order valence-corrected chi connectivity index (χ3v) is 5.00. The molecule has 0 fully saturated rings. The van der Waals surface area contributed by atoms with Crippen LogP contribution in [0.5, 0.6) is 5.75 Å². The molecule has 0 bridgehead atoms. The highest BCUT2D eigenvalue weighted by Gasteiger charge is 2.56. The second kappa shape index (κ2) is 7.22.